The van der Waals surface area contributed by atoms with Crippen molar-refractivity contribution in [1.82, 2.24) is 5.32 Å². The second kappa shape index (κ2) is 13.4. The smallest absolute Gasteiger partial charge is 0.287 e. The molecule has 132 valence electrons. The fourth-order valence-electron chi connectivity index (χ4n) is 1.75. The van der Waals surface area contributed by atoms with Gasteiger partial charge in [-0.3, -0.25) is 10.1 Å². The average Bonchev–Trinajstić information content (AvgIpc) is 2.60. The van der Waals surface area contributed by atoms with E-state index in [-0.39, 0.29) is 5.70 Å². The van der Waals surface area contributed by atoms with Gasteiger partial charge in [-0.15, -0.1) is 0 Å². The molecule has 0 aromatic heterocycles. The molecule has 0 amide bonds. The lowest BCUT2D eigenvalue weighted by atomic mass is 10.2. The molecule has 1 aromatic rings. The first-order valence-electron chi connectivity index (χ1n) is 8.21. The Morgan fingerprint density at radius 2 is 1.88 bits per heavy atom. The highest BCUT2D eigenvalue weighted by Gasteiger charge is 2.11. The molecule has 0 aliphatic carbocycles. The number of nitrogens with zero attached hydrogens (tertiary/aromatic N) is 1. The first-order valence-corrected chi connectivity index (χ1v) is 8.59. The molecule has 0 atom stereocenters. The van der Waals surface area contributed by atoms with Crippen molar-refractivity contribution in [2.24, 2.45) is 0 Å². The number of hydrogen-bond acceptors (Lipinski definition) is 3. The maximum atomic E-state index is 11.2. The number of hydrogen-bond donors (Lipinski definition) is 1. The van der Waals surface area contributed by atoms with Crippen molar-refractivity contribution in [1.29, 1.82) is 0 Å². The van der Waals surface area contributed by atoms with Crippen molar-refractivity contribution in [3.8, 4) is 0 Å². The third-order valence-electron chi connectivity index (χ3n) is 3.01. The number of benzene rings is 1. The minimum atomic E-state index is -0.409. The molecule has 0 unspecified atom stereocenters. The van der Waals surface area contributed by atoms with Crippen LogP contribution in [0.25, 0.3) is 0 Å². The van der Waals surface area contributed by atoms with Gasteiger partial charge >= 0.3 is 0 Å². The Bertz CT molecular complexity index is 578. The Labute approximate surface area is 150 Å². The summed E-state index contributed by atoms with van der Waals surface area (Å²) in [6.07, 6.45) is 6.68. The molecule has 0 radical (unpaired) electrons. The van der Waals surface area contributed by atoms with Gasteiger partial charge in [-0.05, 0) is 25.0 Å². The molecule has 0 aliphatic heterocycles. The van der Waals surface area contributed by atoms with Gasteiger partial charge in [-0.2, -0.15) is 0 Å². The molecule has 4 nitrogen and oxygen atoms in total. The van der Waals surface area contributed by atoms with Crippen LogP contribution in [0.4, 0.5) is 0 Å². The molecular weight excluding hydrogens is 324 g/mol. The quantitative estimate of drug-likeness (QED) is 0.366. The summed E-state index contributed by atoms with van der Waals surface area (Å²) in [6, 6.07) is 9.73. The zero-order valence-corrected chi connectivity index (χ0v) is 15.6. The summed E-state index contributed by atoms with van der Waals surface area (Å²) in [5.41, 5.74) is 1.58. The SMILES string of the molecule is CC.CCC/C=C(Cl)/C=C\C(=C(/C)NCc1ccccc1)[N+](=O)[O-]. The normalized spacial score (nSPS) is 12.3. The lowest BCUT2D eigenvalue weighted by Crippen LogP contribution is -2.15. The van der Waals surface area contributed by atoms with E-state index in [9.17, 15) is 10.1 Å². The van der Waals surface area contributed by atoms with Gasteiger partial charge in [0.2, 0.25) is 0 Å². The van der Waals surface area contributed by atoms with E-state index >= 15 is 0 Å². The molecule has 0 saturated heterocycles. The van der Waals surface area contributed by atoms with Gasteiger partial charge in [-0.25, -0.2) is 0 Å². The van der Waals surface area contributed by atoms with E-state index in [2.05, 4.69) is 5.32 Å². The Morgan fingerprint density at radius 1 is 1.25 bits per heavy atom. The van der Waals surface area contributed by atoms with E-state index in [0.717, 1.165) is 18.4 Å². The third kappa shape index (κ3) is 9.16. The second-order valence-electron chi connectivity index (χ2n) is 4.82. The Kier molecular flexibility index (Phi) is 12.2. The van der Waals surface area contributed by atoms with Gasteiger partial charge < -0.3 is 5.32 Å². The topological polar surface area (TPSA) is 55.2 Å². The Hall–Kier alpha value is -2.07. The molecule has 5 heteroatoms. The molecule has 0 fully saturated rings. The van der Waals surface area contributed by atoms with Crippen LogP contribution in [0.5, 0.6) is 0 Å². The highest BCUT2D eigenvalue weighted by atomic mass is 35.5. The zero-order valence-electron chi connectivity index (χ0n) is 14.9. The van der Waals surface area contributed by atoms with Crippen molar-refractivity contribution in [2.75, 3.05) is 0 Å². The maximum absolute atomic E-state index is 11.2. The summed E-state index contributed by atoms with van der Waals surface area (Å²) in [5, 5.41) is 14.8. The van der Waals surface area contributed by atoms with Crippen LogP contribution in [0.15, 0.2) is 65.0 Å². The van der Waals surface area contributed by atoms with Crippen LogP contribution in [0.3, 0.4) is 0 Å². The Balaban J connectivity index is 0.00000254. The summed E-state index contributed by atoms with van der Waals surface area (Å²) in [7, 11) is 0. The van der Waals surface area contributed by atoms with Gasteiger partial charge in [-0.1, -0.05) is 75.2 Å². The molecule has 1 aromatic carbocycles. The molecule has 0 saturated carbocycles. The van der Waals surface area contributed by atoms with E-state index in [4.69, 9.17) is 11.6 Å². The zero-order chi connectivity index (χ0) is 18.4. The number of allylic oxidation sites excluding steroid dienone is 5. The molecule has 1 rings (SSSR count). The first-order chi connectivity index (χ1) is 11.5. The van der Waals surface area contributed by atoms with Crippen LogP contribution in [0.2, 0.25) is 0 Å². The van der Waals surface area contributed by atoms with Gasteiger partial charge in [0.05, 0.1) is 10.6 Å². The van der Waals surface area contributed by atoms with Crippen molar-refractivity contribution >= 4 is 11.6 Å². The fraction of sp³-hybridized carbons (Fsp3) is 0.368. The van der Waals surface area contributed by atoms with Crippen molar-refractivity contribution in [3.63, 3.8) is 0 Å². The van der Waals surface area contributed by atoms with Crippen molar-refractivity contribution in [2.45, 2.75) is 47.1 Å². The summed E-state index contributed by atoms with van der Waals surface area (Å²) in [6.45, 7) is 8.27. The monoisotopic (exact) mass is 350 g/mol. The van der Waals surface area contributed by atoms with Crippen LogP contribution in [-0.4, -0.2) is 4.92 Å². The molecule has 0 spiro atoms. The van der Waals surface area contributed by atoms with Gasteiger partial charge in [0, 0.05) is 17.7 Å². The minimum Gasteiger partial charge on any atom is -0.379 e. The lowest BCUT2D eigenvalue weighted by molar-refractivity contribution is -0.420. The van der Waals surface area contributed by atoms with E-state index in [0.29, 0.717) is 17.3 Å². The van der Waals surface area contributed by atoms with Gasteiger partial charge in [0.15, 0.2) is 0 Å². The highest BCUT2D eigenvalue weighted by Crippen LogP contribution is 2.11. The molecular formula is C19H27ClN2O2. The van der Waals surface area contributed by atoms with Crippen molar-refractivity contribution < 1.29 is 4.92 Å². The van der Waals surface area contributed by atoms with E-state index in [1.54, 1.807) is 13.0 Å². The molecule has 0 aliphatic rings. The highest BCUT2D eigenvalue weighted by molar-refractivity contribution is 6.31. The fourth-order valence-corrected chi connectivity index (χ4v) is 1.92. The standard InChI is InChI=1S/C17H21ClN2O2.C2H6/c1-3-4-10-16(18)11-12-17(20(21)22)14(2)19-13-15-8-6-5-7-9-15;1-2/h5-12,19H,3-4,13H2,1-2H3;1-2H3/b12-11-,16-10-,17-14-;. The lowest BCUT2D eigenvalue weighted by Gasteiger charge is -2.06. The first kappa shape index (κ1) is 21.9. The van der Waals surface area contributed by atoms with E-state index in [1.165, 1.54) is 6.08 Å². The van der Waals surface area contributed by atoms with Crippen LogP contribution in [-0.2, 0) is 6.54 Å². The summed E-state index contributed by atoms with van der Waals surface area (Å²) >= 11 is 5.99. The van der Waals surface area contributed by atoms with Crippen molar-refractivity contribution in [3.05, 3.63) is 80.7 Å². The second-order valence-corrected chi connectivity index (χ2v) is 5.25. The molecule has 0 heterocycles. The predicted octanol–water partition coefficient (Wildman–Crippen LogP) is 5.79. The minimum absolute atomic E-state index is 0.0129. The predicted molar refractivity (Wildman–Crippen MR) is 102 cm³/mol. The van der Waals surface area contributed by atoms with Gasteiger partial charge in [0.1, 0.15) is 0 Å². The number of halogens is 1. The largest absolute Gasteiger partial charge is 0.379 e. The van der Waals surface area contributed by atoms with Crippen LogP contribution in [0.1, 0.15) is 46.1 Å². The Morgan fingerprint density at radius 3 is 2.42 bits per heavy atom. The van der Waals surface area contributed by atoms with Gasteiger partial charge in [0.25, 0.3) is 5.70 Å². The maximum Gasteiger partial charge on any atom is 0.287 e. The van der Waals surface area contributed by atoms with Crippen LogP contribution in [0, 0.1) is 10.1 Å². The molecule has 0 bridgehead atoms. The average molecular weight is 351 g/mol. The number of rotatable bonds is 8. The van der Waals surface area contributed by atoms with Crippen LogP contribution < -0.4 is 5.32 Å². The summed E-state index contributed by atoms with van der Waals surface area (Å²) in [5.74, 6) is 0. The third-order valence-corrected chi connectivity index (χ3v) is 3.29. The van der Waals surface area contributed by atoms with E-state index in [1.807, 2.05) is 57.2 Å². The van der Waals surface area contributed by atoms with Crippen LogP contribution >= 0.6 is 11.6 Å². The molecule has 1 N–H and O–H groups in total. The summed E-state index contributed by atoms with van der Waals surface area (Å²) < 4.78 is 0. The van der Waals surface area contributed by atoms with E-state index < -0.39 is 4.92 Å². The number of unbranched alkanes of at least 4 members (excludes halogenated alkanes) is 1. The number of nitrogens with one attached hydrogen (secondary N) is 1. The molecule has 24 heavy (non-hydrogen) atoms. The number of nitro groups is 1. The summed E-state index contributed by atoms with van der Waals surface area (Å²) in [4.78, 5) is 10.8.